The van der Waals surface area contributed by atoms with Gasteiger partial charge in [-0.05, 0) is 12.1 Å². The van der Waals surface area contributed by atoms with Crippen LogP contribution in [-0.4, -0.2) is 38.2 Å². The largest absolute Gasteiger partial charge is 0.393 e. The molecule has 24 heavy (non-hydrogen) atoms. The molecule has 2 aromatic carbocycles. The van der Waals surface area contributed by atoms with Gasteiger partial charge in [-0.1, -0.05) is 53.7 Å². The highest BCUT2D eigenvalue weighted by Gasteiger charge is 2.05. The van der Waals surface area contributed by atoms with E-state index in [1.54, 1.807) is 31.4 Å². The number of hydrogen-bond donors (Lipinski definition) is 1. The molecule has 0 atom stereocenters. The quantitative estimate of drug-likeness (QED) is 0.460. The Morgan fingerprint density at radius 2 is 1.62 bits per heavy atom. The zero-order chi connectivity index (χ0) is 17.0. The van der Waals surface area contributed by atoms with Gasteiger partial charge < -0.3 is 9.57 Å². The molecule has 2 aromatic rings. The van der Waals surface area contributed by atoms with E-state index in [0.29, 0.717) is 24.5 Å². The third-order valence-electron chi connectivity index (χ3n) is 3.01. The molecule has 0 saturated heterocycles. The second kappa shape index (κ2) is 9.91. The van der Waals surface area contributed by atoms with Crippen molar-refractivity contribution < 1.29 is 14.4 Å². The SMILES string of the molecule is COCCON=CC(=NNC(=O)c1ccccc1)c1ccccc1. The monoisotopic (exact) mass is 325 g/mol. The van der Waals surface area contributed by atoms with Crippen molar-refractivity contribution in [2.45, 2.75) is 0 Å². The number of methoxy groups -OCH3 is 1. The molecule has 0 unspecified atom stereocenters. The summed E-state index contributed by atoms with van der Waals surface area (Å²) in [7, 11) is 1.59. The molecule has 6 heteroatoms. The van der Waals surface area contributed by atoms with Gasteiger partial charge in [-0.25, -0.2) is 5.43 Å². The van der Waals surface area contributed by atoms with Gasteiger partial charge >= 0.3 is 0 Å². The number of nitrogens with one attached hydrogen (secondary N) is 1. The second-order valence-corrected chi connectivity index (χ2v) is 4.73. The van der Waals surface area contributed by atoms with Gasteiger partial charge in [-0.3, -0.25) is 4.79 Å². The van der Waals surface area contributed by atoms with Gasteiger partial charge in [0.25, 0.3) is 5.91 Å². The molecule has 0 aliphatic carbocycles. The Labute approximate surface area is 140 Å². The zero-order valence-electron chi connectivity index (χ0n) is 13.4. The highest BCUT2D eigenvalue weighted by atomic mass is 16.6. The van der Waals surface area contributed by atoms with E-state index in [-0.39, 0.29) is 5.91 Å². The van der Waals surface area contributed by atoms with Gasteiger partial charge in [0.15, 0.2) is 0 Å². The fraction of sp³-hybridized carbons (Fsp3) is 0.167. The number of rotatable bonds is 8. The molecular weight excluding hydrogens is 306 g/mol. The standard InChI is InChI=1S/C18H19N3O3/c1-23-12-13-24-19-14-17(15-8-4-2-5-9-15)20-21-18(22)16-10-6-3-7-11-16/h2-11,14H,12-13H2,1H3,(H,21,22). The normalized spacial score (nSPS) is 11.5. The molecule has 0 bridgehead atoms. The van der Waals surface area contributed by atoms with Crippen LogP contribution in [0.4, 0.5) is 0 Å². The van der Waals surface area contributed by atoms with Gasteiger partial charge in [-0.2, -0.15) is 5.10 Å². The van der Waals surface area contributed by atoms with Crippen LogP contribution >= 0.6 is 0 Å². The average molecular weight is 325 g/mol. The summed E-state index contributed by atoms with van der Waals surface area (Å²) in [5.41, 5.74) is 4.35. The highest BCUT2D eigenvalue weighted by molar-refractivity contribution is 6.38. The summed E-state index contributed by atoms with van der Waals surface area (Å²) in [5, 5.41) is 7.99. The Hall–Kier alpha value is -2.99. The van der Waals surface area contributed by atoms with Gasteiger partial charge in [0.2, 0.25) is 0 Å². The molecule has 0 saturated carbocycles. The van der Waals surface area contributed by atoms with Crippen LogP contribution in [0.5, 0.6) is 0 Å². The molecule has 1 amide bonds. The van der Waals surface area contributed by atoms with Crippen LogP contribution in [0, 0.1) is 0 Å². The van der Waals surface area contributed by atoms with Crippen LogP contribution in [-0.2, 0) is 9.57 Å². The predicted molar refractivity (Wildman–Crippen MR) is 93.2 cm³/mol. The number of amides is 1. The van der Waals surface area contributed by atoms with Crippen molar-refractivity contribution in [3.63, 3.8) is 0 Å². The maximum Gasteiger partial charge on any atom is 0.271 e. The van der Waals surface area contributed by atoms with Crippen LogP contribution < -0.4 is 5.43 Å². The van der Waals surface area contributed by atoms with Crippen molar-refractivity contribution in [1.82, 2.24) is 5.43 Å². The second-order valence-electron chi connectivity index (χ2n) is 4.73. The maximum atomic E-state index is 12.1. The lowest BCUT2D eigenvalue weighted by Crippen LogP contribution is -2.20. The maximum absolute atomic E-state index is 12.1. The molecule has 0 aliphatic heterocycles. The van der Waals surface area contributed by atoms with Crippen molar-refractivity contribution >= 4 is 17.8 Å². The third-order valence-corrected chi connectivity index (χ3v) is 3.01. The molecule has 0 heterocycles. The lowest BCUT2D eigenvalue weighted by Gasteiger charge is -2.04. The molecule has 0 fully saturated rings. The topological polar surface area (TPSA) is 72.3 Å². The molecule has 0 aromatic heterocycles. The van der Waals surface area contributed by atoms with Crippen LogP contribution in [0.15, 0.2) is 70.9 Å². The summed E-state index contributed by atoms with van der Waals surface area (Å²) >= 11 is 0. The van der Waals surface area contributed by atoms with E-state index in [0.717, 1.165) is 5.56 Å². The summed E-state index contributed by atoms with van der Waals surface area (Å²) in [5.74, 6) is -0.294. The highest BCUT2D eigenvalue weighted by Crippen LogP contribution is 2.01. The summed E-state index contributed by atoms with van der Waals surface area (Å²) in [6, 6.07) is 18.3. The van der Waals surface area contributed by atoms with E-state index in [9.17, 15) is 4.79 Å². The molecule has 0 radical (unpaired) electrons. The smallest absolute Gasteiger partial charge is 0.271 e. The fourth-order valence-electron chi connectivity index (χ4n) is 1.80. The first-order valence-corrected chi connectivity index (χ1v) is 7.44. The number of oxime groups is 1. The Morgan fingerprint density at radius 3 is 2.25 bits per heavy atom. The molecule has 0 aliphatic rings. The summed E-state index contributed by atoms with van der Waals surface area (Å²) < 4.78 is 4.88. The van der Waals surface area contributed by atoms with Crippen LogP contribution in [0.3, 0.4) is 0 Å². The third kappa shape index (κ3) is 5.66. The first-order valence-electron chi connectivity index (χ1n) is 7.44. The molecule has 1 N–H and O–H groups in total. The predicted octanol–water partition coefficient (Wildman–Crippen LogP) is 2.47. The van der Waals surface area contributed by atoms with Crippen molar-refractivity contribution in [1.29, 1.82) is 0 Å². The summed E-state index contributed by atoms with van der Waals surface area (Å²) in [6.45, 7) is 0.783. The van der Waals surface area contributed by atoms with Crippen molar-refractivity contribution in [2.24, 2.45) is 10.3 Å². The molecule has 0 spiro atoms. The van der Waals surface area contributed by atoms with Gasteiger partial charge in [0.05, 0.1) is 12.8 Å². The first-order chi connectivity index (χ1) is 11.8. The van der Waals surface area contributed by atoms with Crippen molar-refractivity contribution in [2.75, 3.05) is 20.3 Å². The first kappa shape index (κ1) is 17.4. The van der Waals surface area contributed by atoms with E-state index in [4.69, 9.17) is 9.57 Å². The number of ether oxygens (including phenoxy) is 1. The molecular formula is C18H19N3O3. The van der Waals surface area contributed by atoms with Crippen molar-refractivity contribution in [3.8, 4) is 0 Å². The zero-order valence-corrected chi connectivity index (χ0v) is 13.4. The van der Waals surface area contributed by atoms with E-state index >= 15 is 0 Å². The summed E-state index contributed by atoms with van der Waals surface area (Å²) in [6.07, 6.45) is 1.45. The summed E-state index contributed by atoms with van der Waals surface area (Å²) in [4.78, 5) is 17.2. The lowest BCUT2D eigenvalue weighted by molar-refractivity contribution is 0.0761. The Bertz CT molecular complexity index is 685. The molecule has 2 rings (SSSR count). The Kier molecular flexibility index (Phi) is 7.17. The minimum atomic E-state index is -0.294. The Morgan fingerprint density at radius 1 is 1.00 bits per heavy atom. The van der Waals surface area contributed by atoms with E-state index in [1.807, 2.05) is 36.4 Å². The minimum Gasteiger partial charge on any atom is -0.393 e. The number of carbonyl (C=O) groups excluding carboxylic acids is 1. The van der Waals surface area contributed by atoms with E-state index in [1.165, 1.54) is 6.21 Å². The number of hydrazone groups is 1. The van der Waals surface area contributed by atoms with E-state index in [2.05, 4.69) is 15.7 Å². The minimum absolute atomic E-state index is 0.294. The van der Waals surface area contributed by atoms with Crippen LogP contribution in [0.2, 0.25) is 0 Å². The molecule has 124 valence electrons. The fourth-order valence-corrected chi connectivity index (χ4v) is 1.80. The Balaban J connectivity index is 2.08. The molecule has 6 nitrogen and oxygen atoms in total. The van der Waals surface area contributed by atoms with E-state index < -0.39 is 0 Å². The number of hydrogen-bond acceptors (Lipinski definition) is 5. The van der Waals surface area contributed by atoms with Gasteiger partial charge in [-0.15, -0.1) is 0 Å². The average Bonchev–Trinajstić information content (AvgIpc) is 2.65. The van der Waals surface area contributed by atoms with Gasteiger partial charge in [0, 0.05) is 18.2 Å². The number of carbonyl (C=O) groups is 1. The van der Waals surface area contributed by atoms with Crippen LogP contribution in [0.25, 0.3) is 0 Å². The van der Waals surface area contributed by atoms with Crippen molar-refractivity contribution in [3.05, 3.63) is 71.8 Å². The number of nitrogens with zero attached hydrogens (tertiary/aromatic N) is 2. The van der Waals surface area contributed by atoms with Gasteiger partial charge in [0.1, 0.15) is 12.3 Å². The van der Waals surface area contributed by atoms with Crippen LogP contribution in [0.1, 0.15) is 15.9 Å². The lowest BCUT2D eigenvalue weighted by atomic mass is 10.1. The number of benzene rings is 2.